The summed E-state index contributed by atoms with van der Waals surface area (Å²) in [6.45, 7) is 0. The molecule has 0 aliphatic rings. The van der Waals surface area contributed by atoms with Gasteiger partial charge in [-0.2, -0.15) is 0 Å². The molecule has 0 fully saturated rings. The fourth-order valence-corrected chi connectivity index (χ4v) is 1.18. The number of hydrogen-bond acceptors (Lipinski definition) is 1. The molecule has 3 heteroatoms. The topological polar surface area (TPSA) is 53.1 Å². The number of nitrogens with one attached hydrogen (secondary N) is 1. The average molecular weight is 160 g/mol. The first-order valence-corrected chi connectivity index (χ1v) is 3.49. The SMILES string of the molecule is O=C(O)c1c[nH]c2cc[c]cc12. The molecule has 2 rings (SSSR count). The summed E-state index contributed by atoms with van der Waals surface area (Å²) in [5.74, 6) is -0.916. The summed E-state index contributed by atoms with van der Waals surface area (Å²) in [5, 5.41) is 9.44. The first-order chi connectivity index (χ1) is 5.79. The van der Waals surface area contributed by atoms with Gasteiger partial charge in [-0.1, -0.05) is 6.07 Å². The van der Waals surface area contributed by atoms with Gasteiger partial charge >= 0.3 is 5.97 Å². The van der Waals surface area contributed by atoms with E-state index in [1.807, 2.05) is 0 Å². The number of carboxylic acids is 1. The van der Waals surface area contributed by atoms with Gasteiger partial charge in [0.2, 0.25) is 0 Å². The van der Waals surface area contributed by atoms with Gasteiger partial charge in [0.05, 0.1) is 5.56 Å². The van der Waals surface area contributed by atoms with Crippen LogP contribution in [0.1, 0.15) is 10.4 Å². The van der Waals surface area contributed by atoms with Crippen molar-refractivity contribution in [3.8, 4) is 0 Å². The minimum Gasteiger partial charge on any atom is -0.478 e. The summed E-state index contributed by atoms with van der Waals surface area (Å²) in [4.78, 5) is 13.5. The van der Waals surface area contributed by atoms with Gasteiger partial charge in [-0.15, -0.1) is 0 Å². The van der Waals surface area contributed by atoms with E-state index in [0.717, 1.165) is 5.52 Å². The van der Waals surface area contributed by atoms with Crippen LogP contribution in [0.15, 0.2) is 24.4 Å². The maximum atomic E-state index is 10.6. The van der Waals surface area contributed by atoms with Crippen LogP contribution in [-0.2, 0) is 0 Å². The number of benzene rings is 1. The predicted molar refractivity (Wildman–Crippen MR) is 44.1 cm³/mol. The van der Waals surface area contributed by atoms with Gasteiger partial charge in [0.15, 0.2) is 0 Å². The van der Waals surface area contributed by atoms with Gasteiger partial charge < -0.3 is 10.1 Å². The van der Waals surface area contributed by atoms with E-state index in [9.17, 15) is 4.79 Å². The van der Waals surface area contributed by atoms with Crippen LogP contribution in [0, 0.1) is 6.07 Å². The van der Waals surface area contributed by atoms with Crippen molar-refractivity contribution in [3.63, 3.8) is 0 Å². The summed E-state index contributed by atoms with van der Waals surface area (Å²) >= 11 is 0. The van der Waals surface area contributed by atoms with Crippen molar-refractivity contribution < 1.29 is 9.90 Å². The summed E-state index contributed by atoms with van der Waals surface area (Å²) in [5.41, 5.74) is 1.12. The fourth-order valence-electron chi connectivity index (χ4n) is 1.18. The number of aromatic nitrogens is 1. The Morgan fingerprint density at radius 2 is 2.42 bits per heavy atom. The monoisotopic (exact) mass is 160 g/mol. The van der Waals surface area contributed by atoms with Crippen molar-refractivity contribution in [2.45, 2.75) is 0 Å². The molecule has 3 nitrogen and oxygen atoms in total. The molecular weight excluding hydrogens is 154 g/mol. The Labute approximate surface area is 68.6 Å². The molecule has 1 heterocycles. The predicted octanol–water partition coefficient (Wildman–Crippen LogP) is 1.67. The van der Waals surface area contributed by atoms with Crippen molar-refractivity contribution in [2.24, 2.45) is 0 Å². The third kappa shape index (κ3) is 0.871. The number of H-pyrrole nitrogens is 1. The van der Waals surface area contributed by atoms with Gasteiger partial charge in [-0.25, -0.2) is 4.79 Å². The van der Waals surface area contributed by atoms with Crippen LogP contribution in [-0.4, -0.2) is 16.1 Å². The minimum atomic E-state index is -0.916. The van der Waals surface area contributed by atoms with E-state index >= 15 is 0 Å². The van der Waals surface area contributed by atoms with Crippen molar-refractivity contribution in [3.05, 3.63) is 36.0 Å². The van der Waals surface area contributed by atoms with E-state index in [-0.39, 0.29) is 0 Å². The second-order valence-corrected chi connectivity index (χ2v) is 2.48. The standard InChI is InChI=1S/C9H6NO2/c11-9(12)7-5-10-8-4-2-1-3-6(7)8/h2-5,10H,(H,11,12). The molecule has 0 saturated heterocycles. The second kappa shape index (κ2) is 2.37. The molecule has 1 aromatic carbocycles. The minimum absolute atomic E-state index is 0.293. The lowest BCUT2D eigenvalue weighted by atomic mass is 10.2. The Bertz CT molecular complexity index is 431. The van der Waals surface area contributed by atoms with Crippen LogP contribution in [0.2, 0.25) is 0 Å². The smallest absolute Gasteiger partial charge is 0.337 e. The largest absolute Gasteiger partial charge is 0.478 e. The van der Waals surface area contributed by atoms with Gasteiger partial charge in [-0.3, -0.25) is 0 Å². The average Bonchev–Trinajstić information content (AvgIpc) is 2.47. The van der Waals surface area contributed by atoms with Crippen molar-refractivity contribution in [2.75, 3.05) is 0 Å². The Kier molecular flexibility index (Phi) is 1.37. The number of carbonyl (C=O) groups is 1. The molecular formula is C9H6NO2. The third-order valence-corrected chi connectivity index (χ3v) is 1.76. The molecule has 0 saturated carbocycles. The zero-order valence-corrected chi connectivity index (χ0v) is 6.16. The summed E-state index contributed by atoms with van der Waals surface area (Å²) in [6.07, 6.45) is 1.49. The highest BCUT2D eigenvalue weighted by Gasteiger charge is 2.08. The molecule has 12 heavy (non-hydrogen) atoms. The van der Waals surface area contributed by atoms with Crippen LogP contribution in [0.3, 0.4) is 0 Å². The zero-order chi connectivity index (χ0) is 8.55. The number of hydrogen-bond donors (Lipinski definition) is 2. The second-order valence-electron chi connectivity index (χ2n) is 2.48. The quantitative estimate of drug-likeness (QED) is 0.666. The van der Waals surface area contributed by atoms with E-state index < -0.39 is 5.97 Å². The summed E-state index contributed by atoms with van der Waals surface area (Å²) in [7, 11) is 0. The van der Waals surface area contributed by atoms with Gasteiger partial charge in [-0.05, 0) is 18.2 Å². The maximum Gasteiger partial charge on any atom is 0.337 e. The lowest BCUT2D eigenvalue weighted by molar-refractivity contribution is 0.0699. The maximum absolute atomic E-state index is 10.6. The Balaban J connectivity index is 2.79. The van der Waals surface area contributed by atoms with E-state index in [2.05, 4.69) is 11.1 Å². The zero-order valence-electron chi connectivity index (χ0n) is 6.16. The van der Waals surface area contributed by atoms with Crippen molar-refractivity contribution in [1.82, 2.24) is 4.98 Å². The molecule has 0 aliphatic carbocycles. The molecule has 1 radical (unpaired) electrons. The van der Waals surface area contributed by atoms with Gasteiger partial charge in [0.25, 0.3) is 0 Å². The van der Waals surface area contributed by atoms with Crippen LogP contribution in [0.4, 0.5) is 0 Å². The molecule has 0 bridgehead atoms. The number of aromatic amines is 1. The highest BCUT2D eigenvalue weighted by Crippen LogP contribution is 2.16. The van der Waals surface area contributed by atoms with Gasteiger partial charge in [0, 0.05) is 17.1 Å². The molecule has 2 aromatic rings. The molecule has 0 atom stereocenters. The first-order valence-electron chi connectivity index (χ1n) is 3.49. The molecule has 1 aromatic heterocycles. The molecule has 0 amide bonds. The van der Waals surface area contributed by atoms with Crippen LogP contribution < -0.4 is 0 Å². The Morgan fingerprint density at radius 1 is 1.58 bits per heavy atom. The van der Waals surface area contributed by atoms with E-state index in [4.69, 9.17) is 5.11 Å². The molecule has 2 N–H and O–H groups in total. The summed E-state index contributed by atoms with van der Waals surface area (Å²) in [6, 6.07) is 8.03. The number of aromatic carboxylic acids is 1. The lowest BCUT2D eigenvalue weighted by Gasteiger charge is -1.89. The van der Waals surface area contributed by atoms with E-state index in [1.165, 1.54) is 6.20 Å². The van der Waals surface area contributed by atoms with Crippen LogP contribution >= 0.6 is 0 Å². The van der Waals surface area contributed by atoms with Crippen LogP contribution in [0.25, 0.3) is 10.9 Å². The molecule has 0 spiro atoms. The first kappa shape index (κ1) is 6.91. The number of carboxylic acid groups (broad SMARTS) is 1. The normalized spacial score (nSPS) is 10.3. The third-order valence-electron chi connectivity index (χ3n) is 1.76. The van der Waals surface area contributed by atoms with E-state index in [0.29, 0.717) is 10.9 Å². The molecule has 0 unspecified atom stereocenters. The van der Waals surface area contributed by atoms with Crippen molar-refractivity contribution >= 4 is 16.9 Å². The van der Waals surface area contributed by atoms with Crippen molar-refractivity contribution in [1.29, 1.82) is 0 Å². The van der Waals surface area contributed by atoms with Crippen LogP contribution in [0.5, 0.6) is 0 Å². The lowest BCUT2D eigenvalue weighted by Crippen LogP contribution is -1.93. The van der Waals surface area contributed by atoms with E-state index in [1.54, 1.807) is 18.2 Å². The Hall–Kier alpha value is -1.77. The Morgan fingerprint density at radius 3 is 3.17 bits per heavy atom. The fraction of sp³-hybridized carbons (Fsp3) is 0. The van der Waals surface area contributed by atoms with Gasteiger partial charge in [0.1, 0.15) is 0 Å². The number of fused-ring (bicyclic) bond motifs is 1. The highest BCUT2D eigenvalue weighted by molar-refractivity contribution is 6.02. The molecule has 0 aliphatic heterocycles. The summed E-state index contributed by atoms with van der Waals surface area (Å²) < 4.78 is 0. The number of rotatable bonds is 1. The highest BCUT2D eigenvalue weighted by atomic mass is 16.4. The molecule has 59 valence electrons.